The highest BCUT2D eigenvalue weighted by atomic mass is 79.9. The number of rotatable bonds is 6. The standard InChI is InChI=1S/C26H26BrNO5/c1-30-21-10-9-17(14-22(21)31-2)25-19-15-24(33-4)23(32-3)13-16(19)11-12-28(25)26(29)18-7-5-6-8-20(18)27/h5-10,13-15,25H,11-12H2,1-4H3. The van der Waals surface area contributed by atoms with Crippen LogP contribution in [0.3, 0.4) is 0 Å². The Morgan fingerprint density at radius 2 is 1.48 bits per heavy atom. The monoisotopic (exact) mass is 511 g/mol. The van der Waals surface area contributed by atoms with Crippen molar-refractivity contribution in [2.75, 3.05) is 35.0 Å². The van der Waals surface area contributed by atoms with Gasteiger partial charge in [0.15, 0.2) is 23.0 Å². The summed E-state index contributed by atoms with van der Waals surface area (Å²) in [6.45, 7) is 0.557. The van der Waals surface area contributed by atoms with Gasteiger partial charge in [0.2, 0.25) is 0 Å². The average Bonchev–Trinajstić information content (AvgIpc) is 2.86. The van der Waals surface area contributed by atoms with Crippen molar-refractivity contribution in [2.24, 2.45) is 0 Å². The van der Waals surface area contributed by atoms with Crippen molar-refractivity contribution in [3.63, 3.8) is 0 Å². The Hall–Kier alpha value is -3.19. The van der Waals surface area contributed by atoms with Crippen LogP contribution in [0.2, 0.25) is 0 Å². The van der Waals surface area contributed by atoms with Gasteiger partial charge in [0.1, 0.15) is 0 Å². The molecule has 0 aliphatic carbocycles. The van der Waals surface area contributed by atoms with Crippen LogP contribution in [0.15, 0.2) is 59.1 Å². The van der Waals surface area contributed by atoms with E-state index in [0.29, 0.717) is 41.5 Å². The van der Waals surface area contributed by atoms with E-state index in [2.05, 4.69) is 15.9 Å². The first-order chi connectivity index (χ1) is 16.0. The smallest absolute Gasteiger partial charge is 0.255 e. The maximum absolute atomic E-state index is 13.8. The van der Waals surface area contributed by atoms with Crippen molar-refractivity contribution in [2.45, 2.75) is 12.5 Å². The van der Waals surface area contributed by atoms with Crippen LogP contribution >= 0.6 is 15.9 Å². The molecular formula is C26H26BrNO5. The van der Waals surface area contributed by atoms with Crippen molar-refractivity contribution < 1.29 is 23.7 Å². The SMILES string of the molecule is COc1ccc(C2c3cc(OC)c(OC)cc3CCN2C(=O)c2ccccc2Br)cc1OC. The average molecular weight is 512 g/mol. The van der Waals surface area contributed by atoms with E-state index < -0.39 is 0 Å². The summed E-state index contributed by atoms with van der Waals surface area (Å²) in [5.74, 6) is 2.48. The lowest BCUT2D eigenvalue weighted by molar-refractivity contribution is 0.0693. The molecule has 7 heteroatoms. The van der Waals surface area contributed by atoms with Crippen LogP contribution in [0.4, 0.5) is 0 Å². The minimum Gasteiger partial charge on any atom is -0.493 e. The van der Waals surface area contributed by atoms with Crippen molar-refractivity contribution in [3.05, 3.63) is 81.3 Å². The van der Waals surface area contributed by atoms with Crippen LogP contribution in [0.5, 0.6) is 23.0 Å². The molecule has 4 rings (SSSR count). The lowest BCUT2D eigenvalue weighted by Gasteiger charge is -2.38. The maximum atomic E-state index is 13.8. The van der Waals surface area contributed by atoms with Crippen LogP contribution in [-0.2, 0) is 6.42 Å². The number of hydrogen-bond acceptors (Lipinski definition) is 5. The number of amides is 1. The first kappa shape index (κ1) is 23.0. The number of nitrogens with zero attached hydrogens (tertiary/aromatic N) is 1. The Labute approximate surface area is 202 Å². The minimum atomic E-state index is -0.340. The van der Waals surface area contributed by atoms with E-state index in [-0.39, 0.29) is 11.9 Å². The van der Waals surface area contributed by atoms with Crippen LogP contribution in [0, 0.1) is 0 Å². The molecule has 1 aliphatic rings. The van der Waals surface area contributed by atoms with Crippen LogP contribution in [0.25, 0.3) is 0 Å². The molecule has 0 N–H and O–H groups in total. The lowest BCUT2D eigenvalue weighted by atomic mass is 9.87. The minimum absolute atomic E-state index is 0.0531. The van der Waals surface area contributed by atoms with Crippen LogP contribution < -0.4 is 18.9 Å². The predicted molar refractivity (Wildman–Crippen MR) is 130 cm³/mol. The number of halogens is 1. The molecule has 1 unspecified atom stereocenters. The van der Waals surface area contributed by atoms with E-state index in [1.807, 2.05) is 59.5 Å². The molecule has 0 radical (unpaired) electrons. The molecule has 1 aliphatic heterocycles. The van der Waals surface area contributed by atoms with Crippen LogP contribution in [-0.4, -0.2) is 45.8 Å². The number of benzene rings is 3. The molecule has 3 aromatic carbocycles. The fourth-order valence-electron chi connectivity index (χ4n) is 4.34. The third-order valence-corrected chi connectivity index (χ3v) is 6.65. The zero-order chi connectivity index (χ0) is 23.5. The fourth-order valence-corrected chi connectivity index (χ4v) is 4.79. The molecular weight excluding hydrogens is 486 g/mol. The molecule has 0 saturated heterocycles. The summed E-state index contributed by atoms with van der Waals surface area (Å²) >= 11 is 3.53. The van der Waals surface area contributed by atoms with Gasteiger partial charge in [-0.2, -0.15) is 0 Å². The summed E-state index contributed by atoms with van der Waals surface area (Å²) in [4.78, 5) is 15.7. The highest BCUT2D eigenvalue weighted by Gasteiger charge is 2.35. The maximum Gasteiger partial charge on any atom is 0.255 e. The third kappa shape index (κ3) is 4.25. The largest absolute Gasteiger partial charge is 0.493 e. The molecule has 0 aromatic heterocycles. The predicted octanol–water partition coefficient (Wildman–Crippen LogP) is 5.27. The summed E-state index contributed by atoms with van der Waals surface area (Å²) in [6, 6.07) is 16.9. The highest BCUT2D eigenvalue weighted by Crippen LogP contribution is 2.43. The van der Waals surface area contributed by atoms with Crippen molar-refractivity contribution in [1.29, 1.82) is 0 Å². The van der Waals surface area contributed by atoms with E-state index in [4.69, 9.17) is 18.9 Å². The summed E-state index contributed by atoms with van der Waals surface area (Å²) in [6.07, 6.45) is 0.704. The van der Waals surface area contributed by atoms with Gasteiger partial charge in [-0.15, -0.1) is 0 Å². The molecule has 0 spiro atoms. The molecule has 33 heavy (non-hydrogen) atoms. The van der Waals surface area contributed by atoms with Crippen molar-refractivity contribution >= 4 is 21.8 Å². The first-order valence-corrected chi connectivity index (χ1v) is 11.3. The second-order valence-electron chi connectivity index (χ2n) is 7.65. The van der Waals surface area contributed by atoms with Gasteiger partial charge in [0.25, 0.3) is 5.91 Å². The van der Waals surface area contributed by atoms with Gasteiger partial charge >= 0.3 is 0 Å². The molecule has 1 heterocycles. The highest BCUT2D eigenvalue weighted by molar-refractivity contribution is 9.10. The second-order valence-corrected chi connectivity index (χ2v) is 8.51. The second kappa shape index (κ2) is 9.75. The van der Waals surface area contributed by atoms with Gasteiger partial charge in [0.05, 0.1) is 40.0 Å². The summed E-state index contributed by atoms with van der Waals surface area (Å²) in [5, 5.41) is 0. The zero-order valence-corrected chi connectivity index (χ0v) is 20.6. The van der Waals surface area contributed by atoms with E-state index >= 15 is 0 Å². The molecule has 3 aromatic rings. The van der Waals surface area contributed by atoms with E-state index in [1.54, 1.807) is 28.4 Å². The molecule has 0 bridgehead atoms. The Balaban J connectivity index is 1.90. The Morgan fingerprint density at radius 3 is 2.15 bits per heavy atom. The molecule has 6 nitrogen and oxygen atoms in total. The Morgan fingerprint density at radius 1 is 0.848 bits per heavy atom. The van der Waals surface area contributed by atoms with Gasteiger partial charge in [-0.3, -0.25) is 4.79 Å². The molecule has 172 valence electrons. The number of hydrogen-bond donors (Lipinski definition) is 0. The number of fused-ring (bicyclic) bond motifs is 1. The van der Waals surface area contributed by atoms with Crippen molar-refractivity contribution in [3.8, 4) is 23.0 Å². The van der Waals surface area contributed by atoms with Crippen LogP contribution in [0.1, 0.15) is 33.1 Å². The number of carbonyl (C=O) groups is 1. The third-order valence-electron chi connectivity index (χ3n) is 5.96. The molecule has 1 amide bonds. The Bertz CT molecular complexity index is 1180. The normalized spacial score (nSPS) is 14.9. The van der Waals surface area contributed by atoms with Gasteiger partial charge in [-0.25, -0.2) is 0 Å². The van der Waals surface area contributed by atoms with Crippen molar-refractivity contribution in [1.82, 2.24) is 4.90 Å². The molecule has 0 saturated carbocycles. The fraction of sp³-hybridized carbons (Fsp3) is 0.269. The zero-order valence-electron chi connectivity index (χ0n) is 19.1. The summed E-state index contributed by atoms with van der Waals surface area (Å²) in [5.41, 5.74) is 3.64. The summed E-state index contributed by atoms with van der Waals surface area (Å²) in [7, 11) is 6.45. The van der Waals surface area contributed by atoms with E-state index in [9.17, 15) is 4.79 Å². The topological polar surface area (TPSA) is 57.2 Å². The van der Waals surface area contributed by atoms with E-state index in [0.717, 1.165) is 21.2 Å². The number of ether oxygens (including phenoxy) is 4. The lowest BCUT2D eigenvalue weighted by Crippen LogP contribution is -2.40. The summed E-state index contributed by atoms with van der Waals surface area (Å²) < 4.78 is 22.9. The van der Waals surface area contributed by atoms with Gasteiger partial charge < -0.3 is 23.8 Å². The van der Waals surface area contributed by atoms with Gasteiger partial charge in [0, 0.05) is 11.0 Å². The number of methoxy groups -OCH3 is 4. The number of carbonyl (C=O) groups excluding carboxylic acids is 1. The van der Waals surface area contributed by atoms with Gasteiger partial charge in [-0.05, 0) is 75.4 Å². The molecule has 0 fully saturated rings. The first-order valence-electron chi connectivity index (χ1n) is 10.5. The Kier molecular flexibility index (Phi) is 6.79. The van der Waals surface area contributed by atoms with E-state index in [1.165, 1.54) is 0 Å². The van der Waals surface area contributed by atoms with Gasteiger partial charge in [-0.1, -0.05) is 18.2 Å². The quantitative estimate of drug-likeness (QED) is 0.451. The molecule has 1 atom stereocenters.